The second kappa shape index (κ2) is 6.41. The van der Waals surface area contributed by atoms with Crippen molar-refractivity contribution in [2.24, 2.45) is 11.7 Å². The highest BCUT2D eigenvalue weighted by molar-refractivity contribution is 4.89. The van der Waals surface area contributed by atoms with Crippen molar-refractivity contribution in [1.82, 2.24) is 4.90 Å². The van der Waals surface area contributed by atoms with Crippen LogP contribution in [-0.4, -0.2) is 30.1 Å². The summed E-state index contributed by atoms with van der Waals surface area (Å²) >= 11 is 0. The lowest BCUT2D eigenvalue weighted by molar-refractivity contribution is 0.0711. The number of hydrogen-bond acceptors (Lipinski definition) is 2. The van der Waals surface area contributed by atoms with Crippen LogP contribution in [0.4, 0.5) is 0 Å². The van der Waals surface area contributed by atoms with Crippen LogP contribution in [0.25, 0.3) is 0 Å². The molecule has 0 aromatic carbocycles. The smallest absolute Gasteiger partial charge is 0.0326 e. The first kappa shape index (κ1) is 13.9. The van der Waals surface area contributed by atoms with Crippen molar-refractivity contribution in [2.75, 3.05) is 19.6 Å². The third-order valence-electron chi connectivity index (χ3n) is 3.54. The molecule has 14 heavy (non-hydrogen) atoms. The third kappa shape index (κ3) is 3.25. The van der Waals surface area contributed by atoms with Crippen molar-refractivity contribution in [3.63, 3.8) is 0 Å². The monoisotopic (exact) mass is 200 g/mol. The number of nitrogens with zero attached hydrogens (tertiary/aromatic N) is 1. The summed E-state index contributed by atoms with van der Waals surface area (Å²) in [6, 6.07) is 0. The molecule has 0 aliphatic rings. The van der Waals surface area contributed by atoms with Gasteiger partial charge in [-0.2, -0.15) is 0 Å². The van der Waals surface area contributed by atoms with Gasteiger partial charge in [0.1, 0.15) is 0 Å². The predicted molar refractivity (Wildman–Crippen MR) is 64.5 cm³/mol. The molecule has 0 aromatic heterocycles. The van der Waals surface area contributed by atoms with Crippen molar-refractivity contribution >= 4 is 0 Å². The van der Waals surface area contributed by atoms with Gasteiger partial charge in [0.2, 0.25) is 0 Å². The maximum absolute atomic E-state index is 5.91. The van der Waals surface area contributed by atoms with Gasteiger partial charge in [0.15, 0.2) is 0 Å². The van der Waals surface area contributed by atoms with Crippen LogP contribution in [0.5, 0.6) is 0 Å². The lowest BCUT2D eigenvalue weighted by atomic mass is 9.86. The van der Waals surface area contributed by atoms with Crippen LogP contribution in [0.15, 0.2) is 0 Å². The van der Waals surface area contributed by atoms with Crippen molar-refractivity contribution in [2.45, 2.75) is 53.0 Å². The first-order chi connectivity index (χ1) is 6.52. The molecule has 0 aliphatic carbocycles. The first-order valence-corrected chi connectivity index (χ1v) is 5.98. The molecule has 0 saturated carbocycles. The molecule has 0 fully saturated rings. The van der Waals surface area contributed by atoms with Crippen molar-refractivity contribution in [3.05, 3.63) is 0 Å². The van der Waals surface area contributed by atoms with Crippen LogP contribution >= 0.6 is 0 Å². The topological polar surface area (TPSA) is 29.3 Å². The van der Waals surface area contributed by atoms with E-state index in [2.05, 4.69) is 39.5 Å². The van der Waals surface area contributed by atoms with E-state index in [1.807, 2.05) is 0 Å². The van der Waals surface area contributed by atoms with Gasteiger partial charge in [-0.25, -0.2) is 0 Å². The Morgan fingerprint density at radius 2 is 1.86 bits per heavy atom. The third-order valence-corrected chi connectivity index (χ3v) is 3.54. The molecule has 0 spiro atoms. The quantitative estimate of drug-likeness (QED) is 0.684. The molecule has 1 unspecified atom stereocenters. The zero-order valence-corrected chi connectivity index (χ0v) is 10.6. The van der Waals surface area contributed by atoms with E-state index in [1.165, 1.54) is 19.4 Å². The van der Waals surface area contributed by atoms with Gasteiger partial charge in [-0.1, -0.05) is 34.1 Å². The van der Waals surface area contributed by atoms with E-state index in [9.17, 15) is 0 Å². The van der Waals surface area contributed by atoms with Gasteiger partial charge in [0, 0.05) is 12.1 Å². The zero-order valence-electron chi connectivity index (χ0n) is 10.6. The molecule has 2 N–H and O–H groups in total. The molecular formula is C12H28N2. The summed E-state index contributed by atoms with van der Waals surface area (Å²) in [5.74, 6) is 0.615. The summed E-state index contributed by atoms with van der Waals surface area (Å²) in [6.07, 6.45) is 2.53. The normalized spacial score (nSPS) is 16.3. The van der Waals surface area contributed by atoms with E-state index in [1.54, 1.807) is 0 Å². The Balaban J connectivity index is 4.43. The molecule has 86 valence electrons. The van der Waals surface area contributed by atoms with E-state index < -0.39 is 0 Å². The SMILES string of the molecule is CCCCN(CC)C(C)(CN)C(C)C. The minimum atomic E-state index is 0.171. The van der Waals surface area contributed by atoms with Crippen molar-refractivity contribution in [3.8, 4) is 0 Å². The first-order valence-electron chi connectivity index (χ1n) is 5.98. The van der Waals surface area contributed by atoms with Crippen LogP contribution in [0, 0.1) is 5.92 Å². The minimum Gasteiger partial charge on any atom is -0.329 e. The fourth-order valence-corrected chi connectivity index (χ4v) is 1.85. The van der Waals surface area contributed by atoms with Gasteiger partial charge in [-0.05, 0) is 32.4 Å². The molecule has 0 radical (unpaired) electrons. The second-order valence-electron chi connectivity index (χ2n) is 4.65. The molecule has 0 aliphatic heterocycles. The lowest BCUT2D eigenvalue weighted by Gasteiger charge is -2.43. The average molecular weight is 200 g/mol. The average Bonchev–Trinajstić information content (AvgIpc) is 2.18. The van der Waals surface area contributed by atoms with Gasteiger partial charge in [-0.15, -0.1) is 0 Å². The van der Waals surface area contributed by atoms with Crippen LogP contribution < -0.4 is 5.73 Å². The Morgan fingerprint density at radius 1 is 1.29 bits per heavy atom. The number of hydrogen-bond donors (Lipinski definition) is 1. The lowest BCUT2D eigenvalue weighted by Crippen LogP contribution is -2.55. The van der Waals surface area contributed by atoms with Crippen molar-refractivity contribution < 1.29 is 0 Å². The molecule has 0 saturated heterocycles. The van der Waals surface area contributed by atoms with Gasteiger partial charge >= 0.3 is 0 Å². The highest BCUT2D eigenvalue weighted by Crippen LogP contribution is 2.23. The molecule has 2 nitrogen and oxygen atoms in total. The summed E-state index contributed by atoms with van der Waals surface area (Å²) in [5, 5.41) is 0. The van der Waals surface area contributed by atoms with Crippen LogP contribution in [0.3, 0.4) is 0 Å². The van der Waals surface area contributed by atoms with Gasteiger partial charge in [0.25, 0.3) is 0 Å². The number of rotatable bonds is 7. The fraction of sp³-hybridized carbons (Fsp3) is 1.00. The summed E-state index contributed by atoms with van der Waals surface area (Å²) in [7, 11) is 0. The molecule has 1 atom stereocenters. The highest BCUT2D eigenvalue weighted by Gasteiger charge is 2.32. The van der Waals surface area contributed by atoms with E-state index in [-0.39, 0.29) is 5.54 Å². The van der Waals surface area contributed by atoms with Crippen LogP contribution in [-0.2, 0) is 0 Å². The van der Waals surface area contributed by atoms with Gasteiger partial charge in [-0.3, -0.25) is 4.90 Å². The second-order valence-corrected chi connectivity index (χ2v) is 4.65. The van der Waals surface area contributed by atoms with E-state index >= 15 is 0 Å². The summed E-state index contributed by atoms with van der Waals surface area (Å²) in [4.78, 5) is 2.53. The van der Waals surface area contributed by atoms with E-state index in [0.29, 0.717) is 5.92 Å². The number of unbranched alkanes of at least 4 members (excludes halogenated alkanes) is 1. The molecule has 0 heterocycles. The zero-order chi connectivity index (χ0) is 11.2. The Morgan fingerprint density at radius 3 is 2.14 bits per heavy atom. The Hall–Kier alpha value is -0.0800. The maximum atomic E-state index is 5.91. The van der Waals surface area contributed by atoms with E-state index in [4.69, 9.17) is 5.73 Å². The Bertz CT molecular complexity index is 145. The summed E-state index contributed by atoms with van der Waals surface area (Å²) < 4.78 is 0. The number of nitrogens with two attached hydrogens (primary N) is 1. The Labute approximate surface area is 89.9 Å². The van der Waals surface area contributed by atoms with Crippen LogP contribution in [0.2, 0.25) is 0 Å². The fourth-order valence-electron chi connectivity index (χ4n) is 1.85. The standard InChI is InChI=1S/C12H28N2/c1-6-8-9-14(7-2)12(5,10-13)11(3)4/h11H,6-10,13H2,1-5H3. The molecule has 0 aromatic rings. The summed E-state index contributed by atoms with van der Waals surface area (Å²) in [6.45, 7) is 14.3. The molecule has 0 amide bonds. The molecule has 0 rings (SSSR count). The van der Waals surface area contributed by atoms with Gasteiger partial charge < -0.3 is 5.73 Å². The Kier molecular flexibility index (Phi) is 6.38. The minimum absolute atomic E-state index is 0.171. The molecule has 2 heteroatoms. The maximum Gasteiger partial charge on any atom is 0.0326 e. The largest absolute Gasteiger partial charge is 0.329 e. The molecular weight excluding hydrogens is 172 g/mol. The van der Waals surface area contributed by atoms with Crippen LogP contribution in [0.1, 0.15) is 47.5 Å². The predicted octanol–water partition coefficient (Wildman–Crippen LogP) is 2.48. The van der Waals surface area contributed by atoms with Crippen molar-refractivity contribution in [1.29, 1.82) is 0 Å². The van der Waals surface area contributed by atoms with Gasteiger partial charge in [0.05, 0.1) is 0 Å². The highest BCUT2D eigenvalue weighted by atomic mass is 15.2. The number of likely N-dealkylation sites (N-methyl/N-ethyl adjacent to an activating group) is 1. The summed E-state index contributed by atoms with van der Waals surface area (Å²) in [5.41, 5.74) is 6.09. The molecule has 0 bridgehead atoms. The van der Waals surface area contributed by atoms with E-state index in [0.717, 1.165) is 13.1 Å².